The molecule has 1 fully saturated rings. The quantitative estimate of drug-likeness (QED) is 0.801. The van der Waals surface area contributed by atoms with E-state index in [1.54, 1.807) is 26.0 Å². The molecule has 0 radical (unpaired) electrons. The molecule has 146 valence electrons. The molecule has 0 aliphatic carbocycles. The molecule has 1 aliphatic heterocycles. The lowest BCUT2D eigenvalue weighted by molar-refractivity contribution is 0.0747. The maximum atomic E-state index is 13.6. The Labute approximate surface area is 157 Å². The number of β-amino-alcohol motifs (C(OH)–C–C–N with tert-alkyl or cyclic N) is 1. The van der Waals surface area contributed by atoms with Gasteiger partial charge in [0.25, 0.3) is 5.91 Å². The van der Waals surface area contributed by atoms with Crippen molar-refractivity contribution in [1.29, 1.82) is 0 Å². The molecule has 1 saturated heterocycles. The van der Waals surface area contributed by atoms with E-state index in [2.05, 4.69) is 20.1 Å². The van der Waals surface area contributed by atoms with Crippen LogP contribution in [0.2, 0.25) is 0 Å². The first-order valence-electron chi connectivity index (χ1n) is 9.05. The molecule has 0 bridgehead atoms. The Bertz CT molecular complexity index is 785. The summed E-state index contributed by atoms with van der Waals surface area (Å²) in [5.74, 6) is -0.336. The average Bonchev–Trinajstić information content (AvgIpc) is 3.08. The second-order valence-electron chi connectivity index (χ2n) is 6.97. The van der Waals surface area contributed by atoms with Crippen molar-refractivity contribution in [1.82, 2.24) is 14.8 Å². The first kappa shape index (κ1) is 19.5. The van der Waals surface area contributed by atoms with Crippen molar-refractivity contribution in [3.8, 4) is 0 Å². The van der Waals surface area contributed by atoms with Crippen LogP contribution < -0.4 is 5.32 Å². The normalized spacial score (nSPS) is 17.0. The number of hydrogen-bond acceptors (Lipinski definition) is 6. The second kappa shape index (κ2) is 8.60. The molecular formula is C19H25FN4O3. The Hall–Kier alpha value is -2.29. The summed E-state index contributed by atoms with van der Waals surface area (Å²) >= 11 is 0. The predicted octanol–water partition coefficient (Wildman–Crippen LogP) is 1.87. The molecule has 3 rings (SSSR count). The molecule has 1 amide bonds. The number of rotatable bonds is 6. The van der Waals surface area contributed by atoms with E-state index >= 15 is 0 Å². The zero-order valence-corrected chi connectivity index (χ0v) is 15.6. The summed E-state index contributed by atoms with van der Waals surface area (Å²) in [6, 6.07) is 4.53. The van der Waals surface area contributed by atoms with Crippen LogP contribution in [0.1, 0.15) is 28.9 Å². The first-order valence-corrected chi connectivity index (χ1v) is 9.05. The molecule has 27 heavy (non-hydrogen) atoms. The molecule has 2 heterocycles. The average molecular weight is 376 g/mol. The number of nitrogens with one attached hydrogen (secondary N) is 1. The third kappa shape index (κ3) is 5.35. The molecular weight excluding hydrogens is 351 g/mol. The summed E-state index contributed by atoms with van der Waals surface area (Å²) in [4.78, 5) is 20.9. The number of oxazole rings is 1. The van der Waals surface area contributed by atoms with Gasteiger partial charge in [-0.3, -0.25) is 14.6 Å². The number of aryl methyl sites for hydroxylation is 1. The van der Waals surface area contributed by atoms with Gasteiger partial charge in [-0.15, -0.1) is 0 Å². The van der Waals surface area contributed by atoms with Gasteiger partial charge in [-0.2, -0.15) is 0 Å². The SMILES string of the molecule is Cc1ccc(NC(=O)c2coc(CN3CCN(C[C@H](C)O)CC3)n2)cc1F. The number of amides is 1. The van der Waals surface area contributed by atoms with Crippen LogP contribution in [0.15, 0.2) is 28.9 Å². The lowest BCUT2D eigenvalue weighted by Gasteiger charge is -2.34. The fourth-order valence-corrected chi connectivity index (χ4v) is 3.05. The number of aromatic nitrogens is 1. The smallest absolute Gasteiger partial charge is 0.277 e. The van der Waals surface area contributed by atoms with Crippen molar-refractivity contribution < 1.29 is 18.7 Å². The number of anilines is 1. The monoisotopic (exact) mass is 376 g/mol. The Morgan fingerprint density at radius 3 is 2.70 bits per heavy atom. The maximum Gasteiger partial charge on any atom is 0.277 e. The maximum absolute atomic E-state index is 13.6. The molecule has 2 N–H and O–H groups in total. The van der Waals surface area contributed by atoms with Gasteiger partial charge in [0, 0.05) is 38.4 Å². The summed E-state index contributed by atoms with van der Waals surface area (Å²) in [5.41, 5.74) is 1.06. The number of hydrogen-bond donors (Lipinski definition) is 2. The van der Waals surface area contributed by atoms with Crippen molar-refractivity contribution in [3.63, 3.8) is 0 Å². The fraction of sp³-hybridized carbons (Fsp3) is 0.474. The molecule has 0 unspecified atom stereocenters. The molecule has 7 nitrogen and oxygen atoms in total. The van der Waals surface area contributed by atoms with Crippen LogP contribution >= 0.6 is 0 Å². The number of aliphatic hydroxyl groups is 1. The van der Waals surface area contributed by atoms with Gasteiger partial charge in [0.2, 0.25) is 5.89 Å². The minimum absolute atomic E-state index is 0.165. The van der Waals surface area contributed by atoms with Crippen LogP contribution in [-0.2, 0) is 6.54 Å². The van der Waals surface area contributed by atoms with Crippen LogP contribution in [0.4, 0.5) is 10.1 Å². The number of piperazine rings is 1. The number of aliphatic hydroxyl groups excluding tert-OH is 1. The molecule has 1 aromatic heterocycles. The van der Waals surface area contributed by atoms with E-state index in [-0.39, 0.29) is 17.6 Å². The molecule has 8 heteroatoms. The minimum atomic E-state index is -0.435. The first-order chi connectivity index (χ1) is 12.9. The van der Waals surface area contributed by atoms with E-state index in [9.17, 15) is 14.3 Å². The summed E-state index contributed by atoms with van der Waals surface area (Å²) < 4.78 is 19.0. The van der Waals surface area contributed by atoms with E-state index in [0.29, 0.717) is 30.2 Å². The van der Waals surface area contributed by atoms with Gasteiger partial charge < -0.3 is 14.8 Å². The number of benzene rings is 1. The van der Waals surface area contributed by atoms with Gasteiger partial charge >= 0.3 is 0 Å². The topological polar surface area (TPSA) is 81.8 Å². The van der Waals surface area contributed by atoms with Crippen molar-refractivity contribution >= 4 is 11.6 Å². The van der Waals surface area contributed by atoms with Crippen LogP contribution in [0.25, 0.3) is 0 Å². The molecule has 1 aliphatic rings. The van der Waals surface area contributed by atoms with Crippen molar-refractivity contribution in [3.05, 3.63) is 47.4 Å². The van der Waals surface area contributed by atoms with E-state index < -0.39 is 5.91 Å². The van der Waals surface area contributed by atoms with Gasteiger partial charge in [-0.05, 0) is 31.5 Å². The van der Waals surface area contributed by atoms with Crippen LogP contribution in [0, 0.1) is 12.7 Å². The number of carbonyl (C=O) groups excluding carboxylic acids is 1. The molecule has 0 spiro atoms. The Balaban J connectivity index is 1.52. The Morgan fingerprint density at radius 1 is 1.33 bits per heavy atom. The van der Waals surface area contributed by atoms with Gasteiger partial charge in [-0.1, -0.05) is 6.07 Å². The van der Waals surface area contributed by atoms with Crippen LogP contribution in [0.3, 0.4) is 0 Å². The van der Waals surface area contributed by atoms with E-state index in [1.165, 1.54) is 12.3 Å². The minimum Gasteiger partial charge on any atom is -0.447 e. The van der Waals surface area contributed by atoms with Gasteiger partial charge in [0.05, 0.1) is 12.6 Å². The van der Waals surface area contributed by atoms with Crippen LogP contribution in [0.5, 0.6) is 0 Å². The lowest BCUT2D eigenvalue weighted by atomic mass is 10.2. The van der Waals surface area contributed by atoms with Crippen molar-refractivity contribution in [2.45, 2.75) is 26.5 Å². The Morgan fingerprint density at radius 2 is 2.04 bits per heavy atom. The van der Waals surface area contributed by atoms with Crippen molar-refractivity contribution in [2.24, 2.45) is 0 Å². The number of halogens is 1. The van der Waals surface area contributed by atoms with Crippen LogP contribution in [-0.4, -0.2) is 64.6 Å². The summed E-state index contributed by atoms with van der Waals surface area (Å²) in [6.45, 7) is 8.09. The third-order valence-electron chi connectivity index (χ3n) is 4.56. The highest BCUT2D eigenvalue weighted by Crippen LogP contribution is 2.15. The van der Waals surface area contributed by atoms with Gasteiger partial charge in [-0.25, -0.2) is 9.37 Å². The lowest BCUT2D eigenvalue weighted by Crippen LogP contribution is -2.47. The highest BCUT2D eigenvalue weighted by molar-refractivity contribution is 6.02. The van der Waals surface area contributed by atoms with E-state index in [4.69, 9.17) is 4.42 Å². The highest BCUT2D eigenvalue weighted by atomic mass is 19.1. The molecule has 1 atom stereocenters. The summed E-state index contributed by atoms with van der Waals surface area (Å²) in [6.07, 6.45) is 0.991. The number of nitrogens with zero attached hydrogens (tertiary/aromatic N) is 3. The Kier molecular flexibility index (Phi) is 6.20. The third-order valence-corrected chi connectivity index (χ3v) is 4.56. The van der Waals surface area contributed by atoms with E-state index in [1.807, 2.05) is 0 Å². The van der Waals surface area contributed by atoms with Gasteiger partial charge in [0.15, 0.2) is 5.69 Å². The summed E-state index contributed by atoms with van der Waals surface area (Å²) in [5, 5.41) is 12.1. The largest absolute Gasteiger partial charge is 0.447 e. The summed E-state index contributed by atoms with van der Waals surface area (Å²) in [7, 11) is 0. The van der Waals surface area contributed by atoms with Gasteiger partial charge in [0.1, 0.15) is 12.1 Å². The fourth-order valence-electron chi connectivity index (χ4n) is 3.05. The molecule has 2 aromatic rings. The second-order valence-corrected chi connectivity index (χ2v) is 6.97. The highest BCUT2D eigenvalue weighted by Gasteiger charge is 2.20. The van der Waals surface area contributed by atoms with Crippen molar-refractivity contribution in [2.75, 3.05) is 38.0 Å². The molecule has 0 saturated carbocycles. The standard InChI is InChI=1S/C19H25FN4O3/c1-13-3-4-15(9-16(13)20)21-19(26)17-12-27-18(22-17)11-24-7-5-23(6-8-24)10-14(2)25/h3-4,9,12,14,25H,5-8,10-11H2,1-2H3,(H,21,26)/t14-/m0/s1. The number of carbonyl (C=O) groups is 1. The predicted molar refractivity (Wildman–Crippen MR) is 99.0 cm³/mol. The zero-order chi connectivity index (χ0) is 19.4. The van der Waals surface area contributed by atoms with E-state index in [0.717, 1.165) is 26.2 Å². The zero-order valence-electron chi connectivity index (χ0n) is 15.6. The molecule has 1 aromatic carbocycles.